The third-order valence-corrected chi connectivity index (χ3v) is 5.78. The lowest BCUT2D eigenvalue weighted by molar-refractivity contribution is 0.0858. The maximum atomic E-state index is 12.2. The minimum absolute atomic E-state index is 0.135. The van der Waals surface area contributed by atoms with Gasteiger partial charge in [0, 0.05) is 24.5 Å². The smallest absolute Gasteiger partial charge is 0.407 e. The van der Waals surface area contributed by atoms with Crippen LogP contribution in [0.15, 0.2) is 0 Å². The molecular weight excluding hydrogens is 276 g/mol. The average molecular weight is 304 g/mol. The zero-order valence-electron chi connectivity index (χ0n) is 13.2. The van der Waals surface area contributed by atoms with Crippen LogP contribution >= 0.6 is 0 Å². The van der Waals surface area contributed by atoms with E-state index in [4.69, 9.17) is 5.11 Å². The number of carbonyl (C=O) groups is 1. The normalized spacial score (nSPS) is 27.2. The van der Waals surface area contributed by atoms with Gasteiger partial charge in [-0.05, 0) is 46.0 Å². The fourth-order valence-corrected chi connectivity index (χ4v) is 3.61. The van der Waals surface area contributed by atoms with Crippen LogP contribution in [0, 0.1) is 11.8 Å². The number of rotatable bonds is 4. The number of piperidine rings is 1. The Labute approximate surface area is 125 Å². The van der Waals surface area contributed by atoms with Crippen LogP contribution in [0.4, 0.5) is 4.79 Å². The number of hydrogen-bond acceptors (Lipinski definition) is 3. The van der Waals surface area contributed by atoms with Crippen LogP contribution in [0.3, 0.4) is 0 Å². The van der Waals surface area contributed by atoms with E-state index >= 15 is 0 Å². The van der Waals surface area contributed by atoms with Crippen molar-refractivity contribution in [2.45, 2.75) is 58.2 Å². The van der Waals surface area contributed by atoms with Gasteiger partial charge < -0.3 is 14.6 Å². The van der Waals surface area contributed by atoms with E-state index in [-0.39, 0.29) is 10.8 Å². The Kier molecular flexibility index (Phi) is 6.16. The second kappa shape index (κ2) is 7.00. The zero-order chi connectivity index (χ0) is 15.5. The van der Waals surface area contributed by atoms with Crippen LogP contribution in [0.2, 0.25) is 0 Å². The second-order valence-electron chi connectivity index (χ2n) is 6.64. The van der Waals surface area contributed by atoms with Gasteiger partial charge in [-0.25, -0.2) is 4.79 Å². The summed E-state index contributed by atoms with van der Waals surface area (Å²) in [5, 5.41) is 9.09. The highest BCUT2D eigenvalue weighted by Crippen LogP contribution is 2.30. The predicted octanol–water partition coefficient (Wildman–Crippen LogP) is 2.45. The SMILES string of the molecule is CC[C@@H]1CN(C(=O)O)CC[C@@H]1C(C)N[S@+]([O-])C(C)(C)C. The lowest BCUT2D eigenvalue weighted by Crippen LogP contribution is -2.52. The number of nitrogens with one attached hydrogen (secondary N) is 1. The van der Waals surface area contributed by atoms with Crippen molar-refractivity contribution in [1.82, 2.24) is 9.62 Å². The quantitative estimate of drug-likeness (QED) is 0.782. The van der Waals surface area contributed by atoms with Gasteiger partial charge in [-0.3, -0.25) is 0 Å². The van der Waals surface area contributed by atoms with Gasteiger partial charge in [0.1, 0.15) is 4.75 Å². The van der Waals surface area contributed by atoms with Gasteiger partial charge >= 0.3 is 6.09 Å². The van der Waals surface area contributed by atoms with E-state index in [1.165, 1.54) is 4.90 Å². The first kappa shape index (κ1) is 17.6. The number of nitrogens with zero attached hydrogens (tertiary/aromatic N) is 1. The van der Waals surface area contributed by atoms with Gasteiger partial charge in [-0.1, -0.05) is 13.3 Å². The van der Waals surface area contributed by atoms with Crippen LogP contribution in [0.5, 0.6) is 0 Å². The Morgan fingerprint density at radius 1 is 1.55 bits per heavy atom. The summed E-state index contributed by atoms with van der Waals surface area (Å²) in [4.78, 5) is 12.6. The van der Waals surface area contributed by atoms with Crippen molar-refractivity contribution in [3.63, 3.8) is 0 Å². The van der Waals surface area contributed by atoms with Gasteiger partial charge in [0.05, 0.1) is 6.04 Å². The van der Waals surface area contributed by atoms with Crippen molar-refractivity contribution < 1.29 is 14.5 Å². The molecule has 5 nitrogen and oxygen atoms in total. The van der Waals surface area contributed by atoms with E-state index < -0.39 is 17.5 Å². The molecule has 1 aliphatic rings. The molecule has 0 bridgehead atoms. The molecule has 1 fully saturated rings. The van der Waals surface area contributed by atoms with Gasteiger partial charge in [-0.2, -0.15) is 0 Å². The molecule has 0 saturated carbocycles. The van der Waals surface area contributed by atoms with E-state index in [2.05, 4.69) is 18.6 Å². The first-order chi connectivity index (χ1) is 9.16. The Morgan fingerprint density at radius 3 is 2.60 bits per heavy atom. The minimum Gasteiger partial charge on any atom is -0.598 e. The summed E-state index contributed by atoms with van der Waals surface area (Å²) in [5.74, 6) is 0.709. The summed E-state index contributed by atoms with van der Waals surface area (Å²) < 4.78 is 15.1. The molecule has 0 radical (unpaired) electrons. The molecule has 0 spiro atoms. The first-order valence-electron chi connectivity index (χ1n) is 7.32. The minimum atomic E-state index is -1.08. The third kappa shape index (κ3) is 4.53. The fourth-order valence-electron chi connectivity index (χ4n) is 2.75. The van der Waals surface area contributed by atoms with E-state index in [0.717, 1.165) is 12.8 Å². The predicted molar refractivity (Wildman–Crippen MR) is 82.0 cm³/mol. The highest BCUT2D eigenvalue weighted by Gasteiger charge is 2.37. The molecule has 1 heterocycles. The van der Waals surface area contributed by atoms with Gasteiger partial charge in [0.25, 0.3) is 0 Å². The number of carboxylic acid groups (broad SMARTS) is 1. The van der Waals surface area contributed by atoms with Crippen LogP contribution in [-0.4, -0.2) is 44.5 Å². The number of hydrogen-bond donors (Lipinski definition) is 2. The summed E-state index contributed by atoms with van der Waals surface area (Å²) in [7, 11) is 0. The molecule has 1 amide bonds. The van der Waals surface area contributed by atoms with Crippen LogP contribution in [0.25, 0.3) is 0 Å². The number of amides is 1. The van der Waals surface area contributed by atoms with Crippen LogP contribution in [-0.2, 0) is 11.4 Å². The lowest BCUT2D eigenvalue weighted by atomic mass is 9.80. The van der Waals surface area contributed by atoms with Crippen molar-refractivity contribution in [3.05, 3.63) is 0 Å². The summed E-state index contributed by atoms with van der Waals surface area (Å²) in [6, 6.07) is 0.135. The summed E-state index contributed by atoms with van der Waals surface area (Å²) in [6.07, 6.45) is 0.948. The van der Waals surface area contributed by atoms with Gasteiger partial charge in [-0.15, -0.1) is 4.72 Å². The molecule has 0 aromatic rings. The Balaban J connectivity index is 2.63. The van der Waals surface area contributed by atoms with Crippen molar-refractivity contribution in [1.29, 1.82) is 0 Å². The highest BCUT2D eigenvalue weighted by molar-refractivity contribution is 7.90. The highest BCUT2D eigenvalue weighted by atomic mass is 32.2. The van der Waals surface area contributed by atoms with Crippen LogP contribution < -0.4 is 4.72 Å². The van der Waals surface area contributed by atoms with Crippen LogP contribution in [0.1, 0.15) is 47.5 Å². The molecule has 1 rings (SSSR count). The molecular formula is C14H28N2O3S. The maximum absolute atomic E-state index is 12.2. The molecule has 0 aliphatic carbocycles. The van der Waals surface area contributed by atoms with Crippen molar-refractivity contribution >= 4 is 17.5 Å². The second-order valence-corrected chi connectivity index (χ2v) is 8.63. The first-order valence-corrected chi connectivity index (χ1v) is 8.47. The molecule has 0 aromatic carbocycles. The van der Waals surface area contributed by atoms with E-state index in [1.807, 2.05) is 20.8 Å². The molecule has 0 aromatic heterocycles. The zero-order valence-corrected chi connectivity index (χ0v) is 14.0. The largest absolute Gasteiger partial charge is 0.598 e. The molecule has 4 atom stereocenters. The maximum Gasteiger partial charge on any atom is 0.407 e. The van der Waals surface area contributed by atoms with Crippen molar-refractivity contribution in [2.24, 2.45) is 11.8 Å². The van der Waals surface area contributed by atoms with Crippen molar-refractivity contribution in [3.8, 4) is 0 Å². The molecule has 2 N–H and O–H groups in total. The van der Waals surface area contributed by atoms with E-state index in [9.17, 15) is 9.35 Å². The Hall–Kier alpha value is -0.460. The Morgan fingerprint density at radius 2 is 2.15 bits per heavy atom. The van der Waals surface area contributed by atoms with Crippen molar-refractivity contribution in [2.75, 3.05) is 13.1 Å². The summed E-state index contributed by atoms with van der Waals surface area (Å²) >= 11 is -1.08. The fraction of sp³-hybridized carbons (Fsp3) is 0.929. The third-order valence-electron chi connectivity index (χ3n) is 4.08. The summed E-state index contributed by atoms with van der Waals surface area (Å²) in [6.45, 7) is 11.2. The lowest BCUT2D eigenvalue weighted by Gasteiger charge is -2.40. The summed E-state index contributed by atoms with van der Waals surface area (Å²) in [5.41, 5.74) is 0. The van der Waals surface area contributed by atoms with Gasteiger partial charge in [0.2, 0.25) is 0 Å². The molecule has 1 saturated heterocycles. The van der Waals surface area contributed by atoms with Gasteiger partial charge in [0.15, 0.2) is 0 Å². The molecule has 6 heteroatoms. The molecule has 1 unspecified atom stereocenters. The average Bonchev–Trinajstić information content (AvgIpc) is 2.36. The number of likely N-dealkylation sites (tertiary alicyclic amines) is 1. The molecule has 1 aliphatic heterocycles. The standard InChI is InChI=1S/C14H28N2O3S/c1-6-11-9-16(13(17)18)8-7-12(11)10(2)15-20(19)14(3,4)5/h10-12,15H,6-9H2,1-5H3,(H,17,18)/t10?,11-,12-,20-/m1/s1. The molecule has 20 heavy (non-hydrogen) atoms. The van der Waals surface area contributed by atoms with E-state index in [1.54, 1.807) is 0 Å². The molecule has 118 valence electrons. The monoisotopic (exact) mass is 304 g/mol. The Bertz CT molecular complexity index is 333. The van der Waals surface area contributed by atoms with E-state index in [0.29, 0.717) is 24.9 Å². The topological polar surface area (TPSA) is 75.6 Å².